The summed E-state index contributed by atoms with van der Waals surface area (Å²) in [6, 6.07) is 7.84. The van der Waals surface area contributed by atoms with Crippen molar-refractivity contribution in [3.05, 3.63) is 63.2 Å². The van der Waals surface area contributed by atoms with Crippen molar-refractivity contribution in [1.29, 1.82) is 0 Å². The Morgan fingerprint density at radius 2 is 2.04 bits per heavy atom. The number of amides is 1. The van der Waals surface area contributed by atoms with E-state index in [1.54, 1.807) is 0 Å². The molecule has 0 atom stereocenters. The van der Waals surface area contributed by atoms with Crippen molar-refractivity contribution in [3.8, 4) is 0 Å². The number of aryl methyl sites for hydroxylation is 1. The fraction of sp³-hybridized carbons (Fsp3) is 0.381. The number of carbonyl (C=O) groups excluding carboxylic acids is 1. The molecule has 1 amide bonds. The van der Waals surface area contributed by atoms with Crippen LogP contribution in [0.25, 0.3) is 5.65 Å². The minimum atomic E-state index is -0.261. The molecule has 0 radical (unpaired) electrons. The van der Waals surface area contributed by atoms with E-state index in [1.165, 1.54) is 16.3 Å². The van der Waals surface area contributed by atoms with E-state index in [0.29, 0.717) is 30.2 Å². The molecule has 7 nitrogen and oxygen atoms in total. The summed E-state index contributed by atoms with van der Waals surface area (Å²) < 4.78 is 3.40. The van der Waals surface area contributed by atoms with Crippen LogP contribution >= 0.6 is 0 Å². The molecule has 0 fully saturated rings. The molecule has 2 aromatic heterocycles. The Bertz CT molecular complexity index is 1090. The first-order valence-corrected chi connectivity index (χ1v) is 9.75. The SMILES string of the molecule is CCn1c2c(c(=O)n3ncc(C(=O)Nc4ccc(C(C)C)cc4)c13)CNCC2. The Morgan fingerprint density at radius 3 is 2.71 bits per heavy atom. The van der Waals surface area contributed by atoms with Crippen LogP contribution in [-0.4, -0.2) is 26.6 Å². The van der Waals surface area contributed by atoms with Crippen molar-refractivity contribution < 1.29 is 4.79 Å². The standard InChI is InChI=1S/C21H25N5O2/c1-4-25-18-9-10-22-11-16(18)21(28)26-20(25)17(12-23-26)19(27)24-15-7-5-14(6-8-15)13(2)3/h5-8,12-13,22H,4,9-11H2,1-3H3,(H,24,27). The van der Waals surface area contributed by atoms with E-state index in [-0.39, 0.29) is 11.5 Å². The largest absolute Gasteiger partial charge is 0.329 e. The van der Waals surface area contributed by atoms with Crippen LogP contribution in [0.5, 0.6) is 0 Å². The van der Waals surface area contributed by atoms with Crippen molar-refractivity contribution in [2.24, 2.45) is 0 Å². The first-order chi connectivity index (χ1) is 13.5. The number of benzene rings is 1. The van der Waals surface area contributed by atoms with Crippen molar-refractivity contribution in [2.45, 2.75) is 46.2 Å². The quantitative estimate of drug-likeness (QED) is 0.730. The van der Waals surface area contributed by atoms with E-state index in [9.17, 15) is 9.59 Å². The number of nitrogens with one attached hydrogen (secondary N) is 2. The Morgan fingerprint density at radius 1 is 1.29 bits per heavy atom. The number of nitrogens with zero attached hydrogens (tertiary/aromatic N) is 3. The van der Waals surface area contributed by atoms with E-state index in [4.69, 9.17) is 0 Å². The average molecular weight is 379 g/mol. The molecule has 2 N–H and O–H groups in total. The summed E-state index contributed by atoms with van der Waals surface area (Å²) in [5, 5.41) is 10.4. The van der Waals surface area contributed by atoms with Crippen LogP contribution in [0.15, 0.2) is 35.3 Å². The van der Waals surface area contributed by atoms with Gasteiger partial charge in [-0.05, 0) is 30.5 Å². The average Bonchev–Trinajstić information content (AvgIpc) is 3.14. The highest BCUT2D eigenvalue weighted by atomic mass is 16.2. The Kier molecular flexibility index (Phi) is 4.77. The number of rotatable bonds is 4. The van der Waals surface area contributed by atoms with Crippen LogP contribution in [0, 0.1) is 0 Å². The summed E-state index contributed by atoms with van der Waals surface area (Å²) in [4.78, 5) is 25.8. The van der Waals surface area contributed by atoms with Gasteiger partial charge < -0.3 is 15.2 Å². The van der Waals surface area contributed by atoms with Gasteiger partial charge in [-0.3, -0.25) is 9.59 Å². The van der Waals surface area contributed by atoms with Gasteiger partial charge in [-0.15, -0.1) is 0 Å². The first kappa shape index (κ1) is 18.4. The van der Waals surface area contributed by atoms with E-state index >= 15 is 0 Å². The number of carbonyl (C=O) groups is 1. The highest BCUT2D eigenvalue weighted by Gasteiger charge is 2.24. The minimum Gasteiger partial charge on any atom is -0.329 e. The molecular formula is C21H25N5O2. The lowest BCUT2D eigenvalue weighted by Gasteiger charge is -2.22. The molecule has 4 rings (SSSR count). The second kappa shape index (κ2) is 7.24. The third kappa shape index (κ3) is 3.01. The molecule has 146 valence electrons. The topological polar surface area (TPSA) is 80.4 Å². The molecule has 0 saturated heterocycles. The summed E-state index contributed by atoms with van der Waals surface area (Å²) in [7, 11) is 0. The molecule has 0 unspecified atom stereocenters. The molecule has 1 aromatic carbocycles. The maximum Gasteiger partial charge on any atom is 0.279 e. The monoisotopic (exact) mass is 379 g/mol. The molecule has 0 spiro atoms. The molecule has 0 aliphatic carbocycles. The molecular weight excluding hydrogens is 354 g/mol. The zero-order valence-corrected chi connectivity index (χ0v) is 16.5. The van der Waals surface area contributed by atoms with Gasteiger partial charge >= 0.3 is 0 Å². The fourth-order valence-corrected chi connectivity index (χ4v) is 3.83. The zero-order valence-electron chi connectivity index (χ0n) is 16.5. The molecule has 28 heavy (non-hydrogen) atoms. The van der Waals surface area contributed by atoms with E-state index < -0.39 is 0 Å². The number of hydrogen-bond donors (Lipinski definition) is 2. The van der Waals surface area contributed by atoms with Gasteiger partial charge in [-0.2, -0.15) is 9.61 Å². The highest BCUT2D eigenvalue weighted by Crippen LogP contribution is 2.20. The van der Waals surface area contributed by atoms with Gasteiger partial charge in [0.1, 0.15) is 5.56 Å². The minimum absolute atomic E-state index is 0.151. The van der Waals surface area contributed by atoms with Gasteiger partial charge in [-0.1, -0.05) is 26.0 Å². The summed E-state index contributed by atoms with van der Waals surface area (Å²) in [6.07, 6.45) is 2.25. The number of fused-ring (bicyclic) bond motifs is 2. The van der Waals surface area contributed by atoms with Gasteiger partial charge in [-0.25, -0.2) is 0 Å². The predicted octanol–water partition coefficient (Wildman–Crippen LogP) is 2.54. The maximum absolute atomic E-state index is 13.0. The van der Waals surface area contributed by atoms with Crippen LogP contribution in [-0.2, 0) is 19.5 Å². The van der Waals surface area contributed by atoms with Gasteiger partial charge in [0.15, 0.2) is 5.65 Å². The number of anilines is 1. The van der Waals surface area contributed by atoms with Crippen LogP contribution in [0.3, 0.4) is 0 Å². The fourth-order valence-electron chi connectivity index (χ4n) is 3.83. The van der Waals surface area contributed by atoms with Gasteiger partial charge in [0.25, 0.3) is 11.5 Å². The maximum atomic E-state index is 13.0. The van der Waals surface area contributed by atoms with Gasteiger partial charge in [0.2, 0.25) is 0 Å². The van der Waals surface area contributed by atoms with Crippen LogP contribution in [0.1, 0.15) is 53.9 Å². The van der Waals surface area contributed by atoms with Crippen LogP contribution < -0.4 is 16.2 Å². The van der Waals surface area contributed by atoms with Crippen molar-refractivity contribution in [3.63, 3.8) is 0 Å². The van der Waals surface area contributed by atoms with Crippen molar-refractivity contribution >= 4 is 17.2 Å². The smallest absolute Gasteiger partial charge is 0.279 e. The Labute approximate surface area is 163 Å². The molecule has 3 heterocycles. The van der Waals surface area contributed by atoms with Crippen molar-refractivity contribution in [1.82, 2.24) is 19.5 Å². The molecule has 0 bridgehead atoms. The molecule has 0 saturated carbocycles. The summed E-state index contributed by atoms with van der Waals surface area (Å²) in [5.74, 6) is 0.173. The molecule has 3 aromatic rings. The third-order valence-electron chi connectivity index (χ3n) is 5.36. The van der Waals surface area contributed by atoms with E-state index in [2.05, 4.69) is 29.6 Å². The Hall–Kier alpha value is -2.93. The second-order valence-corrected chi connectivity index (χ2v) is 7.43. The first-order valence-electron chi connectivity index (χ1n) is 9.75. The van der Waals surface area contributed by atoms with Crippen molar-refractivity contribution in [2.75, 3.05) is 11.9 Å². The van der Waals surface area contributed by atoms with Crippen LogP contribution in [0.2, 0.25) is 0 Å². The molecule has 7 heteroatoms. The third-order valence-corrected chi connectivity index (χ3v) is 5.36. The normalized spacial score (nSPS) is 13.7. The Balaban J connectivity index is 1.75. The lowest BCUT2D eigenvalue weighted by atomic mass is 10.0. The summed E-state index contributed by atoms with van der Waals surface area (Å²) in [5.41, 5.74) is 4.49. The van der Waals surface area contributed by atoms with Crippen LogP contribution in [0.4, 0.5) is 5.69 Å². The number of aromatic nitrogens is 3. The van der Waals surface area contributed by atoms with E-state index in [0.717, 1.165) is 29.9 Å². The second-order valence-electron chi connectivity index (χ2n) is 7.43. The summed E-state index contributed by atoms with van der Waals surface area (Å²) >= 11 is 0. The zero-order chi connectivity index (χ0) is 19.8. The molecule has 1 aliphatic heterocycles. The summed E-state index contributed by atoms with van der Waals surface area (Å²) in [6.45, 7) is 8.31. The predicted molar refractivity (Wildman–Crippen MR) is 109 cm³/mol. The number of hydrogen-bond acceptors (Lipinski definition) is 4. The van der Waals surface area contributed by atoms with E-state index in [1.807, 2.05) is 35.8 Å². The molecule has 1 aliphatic rings. The lowest BCUT2D eigenvalue weighted by Crippen LogP contribution is -2.36. The van der Waals surface area contributed by atoms with Gasteiger partial charge in [0, 0.05) is 37.4 Å². The highest BCUT2D eigenvalue weighted by molar-refractivity contribution is 6.08. The van der Waals surface area contributed by atoms with Gasteiger partial charge in [0.05, 0.1) is 11.8 Å². The lowest BCUT2D eigenvalue weighted by molar-refractivity contribution is 0.102.